The number of nitrogens with zero attached hydrogens (tertiary/aromatic N) is 2. The molecule has 3 aromatic rings. The van der Waals surface area contributed by atoms with Crippen molar-refractivity contribution in [3.05, 3.63) is 77.4 Å². The van der Waals surface area contributed by atoms with Gasteiger partial charge < -0.3 is 24.0 Å². The molecule has 1 saturated heterocycles. The maximum Gasteiger partial charge on any atom is 0.411 e. The second-order valence-electron chi connectivity index (χ2n) is 12.9. The van der Waals surface area contributed by atoms with E-state index in [2.05, 4.69) is 11.9 Å². The van der Waals surface area contributed by atoms with Gasteiger partial charge in [0.05, 0.1) is 23.9 Å². The minimum absolute atomic E-state index is 0.0103. The second-order valence-corrected chi connectivity index (χ2v) is 13.2. The van der Waals surface area contributed by atoms with Crippen molar-refractivity contribution < 1.29 is 38.2 Å². The summed E-state index contributed by atoms with van der Waals surface area (Å²) in [5, 5.41) is 4.48. The van der Waals surface area contributed by atoms with Gasteiger partial charge in [0.15, 0.2) is 5.78 Å². The minimum atomic E-state index is -0.751. The first kappa shape index (κ1) is 37.4. The van der Waals surface area contributed by atoms with E-state index in [0.29, 0.717) is 61.7 Å². The van der Waals surface area contributed by atoms with Crippen molar-refractivity contribution in [2.45, 2.75) is 64.8 Å². The Kier molecular flexibility index (Phi) is 12.4. The third kappa shape index (κ3) is 8.53. The molecule has 3 amide bonds. The Morgan fingerprint density at radius 3 is 2.49 bits per heavy atom. The number of halogens is 1. The Bertz CT molecular complexity index is 1840. The third-order valence-electron chi connectivity index (χ3n) is 9.31. The Morgan fingerprint density at radius 1 is 1.02 bits per heavy atom. The highest BCUT2D eigenvalue weighted by Crippen LogP contribution is 2.43. The highest BCUT2D eigenvalue weighted by atomic mass is 35.5. The number of hydrogen-bond acceptors (Lipinski definition) is 8. The van der Waals surface area contributed by atoms with Gasteiger partial charge in [-0.05, 0) is 73.6 Å². The molecule has 0 radical (unpaired) electrons. The van der Waals surface area contributed by atoms with Gasteiger partial charge in [0.1, 0.15) is 19.0 Å². The van der Waals surface area contributed by atoms with Gasteiger partial charge >= 0.3 is 12.1 Å². The summed E-state index contributed by atoms with van der Waals surface area (Å²) in [6, 6.07) is 12.6. The van der Waals surface area contributed by atoms with Crippen LogP contribution in [0.4, 0.5) is 16.2 Å². The summed E-state index contributed by atoms with van der Waals surface area (Å²) in [5.74, 6) is -0.0512. The number of rotatable bonds is 14. The van der Waals surface area contributed by atoms with E-state index in [-0.39, 0.29) is 60.4 Å². The molecule has 0 spiro atoms. The first-order chi connectivity index (χ1) is 24.5. The number of carbonyl (C=O) groups excluding carboxylic acids is 5. The van der Waals surface area contributed by atoms with Gasteiger partial charge in [-0.15, -0.1) is 11.6 Å². The lowest BCUT2D eigenvalue weighted by Gasteiger charge is -2.26. The van der Waals surface area contributed by atoms with Crippen molar-refractivity contribution in [1.29, 1.82) is 0 Å². The molecule has 0 aromatic heterocycles. The highest BCUT2D eigenvalue weighted by molar-refractivity contribution is 6.19. The van der Waals surface area contributed by atoms with Gasteiger partial charge in [-0.3, -0.25) is 24.5 Å². The van der Waals surface area contributed by atoms with E-state index >= 15 is 0 Å². The standard InChI is InChI=1S/C39H44ClN3O8/c1-5-16-50-39(48)41-33-20-35(24(2)18-32(33)38(47)42-15-10-11-28(42)23-51-26(4)45)49-17-9-8-14-36(46)43-22-27(21-40)37-30-13-7-6-12-29(30)31(25(3)44)19-34(37)43/h5-7,12-13,18-20,27-28H,1,8-11,14-17,21-23H2,2-4H3,(H,41,48)/t27-,28+/m1/s1. The van der Waals surface area contributed by atoms with Crippen LogP contribution in [0.2, 0.25) is 0 Å². The predicted octanol–water partition coefficient (Wildman–Crippen LogP) is 7.17. The summed E-state index contributed by atoms with van der Waals surface area (Å²) in [6.45, 7) is 9.56. The summed E-state index contributed by atoms with van der Waals surface area (Å²) >= 11 is 6.38. The molecule has 2 atom stereocenters. The third-order valence-corrected chi connectivity index (χ3v) is 9.68. The van der Waals surface area contributed by atoms with Crippen LogP contribution in [0.25, 0.3) is 10.8 Å². The Balaban J connectivity index is 1.25. The molecule has 270 valence electrons. The topological polar surface area (TPSA) is 132 Å². The van der Waals surface area contributed by atoms with Crippen LogP contribution in [0.3, 0.4) is 0 Å². The number of esters is 1. The van der Waals surface area contributed by atoms with Crippen LogP contribution >= 0.6 is 11.6 Å². The Hall–Kier alpha value is -4.90. The number of alkyl halides is 1. The van der Waals surface area contributed by atoms with E-state index in [1.807, 2.05) is 37.3 Å². The predicted molar refractivity (Wildman–Crippen MR) is 196 cm³/mol. The van der Waals surface area contributed by atoms with Gasteiger partial charge in [0, 0.05) is 55.5 Å². The quantitative estimate of drug-likeness (QED) is 0.0611. The maximum atomic E-state index is 13.8. The van der Waals surface area contributed by atoms with E-state index in [1.165, 1.54) is 19.9 Å². The maximum absolute atomic E-state index is 13.8. The molecule has 2 aliphatic heterocycles. The number of carbonyl (C=O) groups is 5. The zero-order chi connectivity index (χ0) is 36.7. The Labute approximate surface area is 302 Å². The van der Waals surface area contributed by atoms with Crippen molar-refractivity contribution in [1.82, 2.24) is 4.90 Å². The average Bonchev–Trinajstić information content (AvgIpc) is 3.75. The van der Waals surface area contributed by atoms with Crippen LogP contribution in [-0.4, -0.2) is 79.4 Å². The number of nitrogens with one attached hydrogen (secondary N) is 1. The number of amides is 3. The average molecular weight is 718 g/mol. The van der Waals surface area contributed by atoms with E-state index in [9.17, 15) is 24.0 Å². The van der Waals surface area contributed by atoms with Crippen LogP contribution in [0, 0.1) is 6.92 Å². The van der Waals surface area contributed by atoms with Crippen molar-refractivity contribution in [2.75, 3.05) is 49.0 Å². The number of Topliss-reactive ketones (excluding diaryl/α,β-unsaturated/α-hetero) is 1. The molecule has 1 fully saturated rings. The molecular formula is C39H44ClN3O8. The number of anilines is 2. The van der Waals surface area contributed by atoms with Crippen LogP contribution in [0.5, 0.6) is 5.75 Å². The lowest BCUT2D eigenvalue weighted by molar-refractivity contribution is -0.142. The fraction of sp³-hybridized carbons (Fsp3) is 0.410. The number of ether oxygens (including phenoxy) is 3. The van der Waals surface area contributed by atoms with Crippen LogP contribution in [0.15, 0.2) is 55.1 Å². The molecule has 2 heterocycles. The summed E-state index contributed by atoms with van der Waals surface area (Å²) in [6.07, 6.45) is 3.54. The van der Waals surface area contributed by atoms with Crippen molar-refractivity contribution >= 4 is 63.4 Å². The molecule has 51 heavy (non-hydrogen) atoms. The number of benzene rings is 3. The monoisotopic (exact) mass is 717 g/mol. The van der Waals surface area contributed by atoms with Gasteiger partial charge in [-0.1, -0.05) is 36.9 Å². The van der Waals surface area contributed by atoms with Crippen LogP contribution in [-0.2, 0) is 19.1 Å². The molecule has 0 bridgehead atoms. The number of aryl methyl sites for hydroxylation is 1. The van der Waals surface area contributed by atoms with Crippen molar-refractivity contribution in [3.63, 3.8) is 0 Å². The molecule has 5 rings (SSSR count). The number of hydrogen-bond donors (Lipinski definition) is 1. The van der Waals surface area contributed by atoms with E-state index in [0.717, 1.165) is 28.4 Å². The molecule has 12 heteroatoms. The first-order valence-electron chi connectivity index (χ1n) is 17.2. The van der Waals surface area contributed by atoms with Gasteiger partial charge in [-0.25, -0.2) is 4.79 Å². The summed E-state index contributed by atoms with van der Waals surface area (Å²) < 4.78 is 16.4. The Morgan fingerprint density at radius 2 is 1.78 bits per heavy atom. The summed E-state index contributed by atoms with van der Waals surface area (Å²) in [7, 11) is 0. The van der Waals surface area contributed by atoms with E-state index in [4.69, 9.17) is 25.8 Å². The summed E-state index contributed by atoms with van der Waals surface area (Å²) in [5.41, 5.74) is 3.50. The first-order valence-corrected chi connectivity index (χ1v) is 17.8. The molecule has 0 saturated carbocycles. The number of likely N-dealkylation sites (tertiary alicyclic amines) is 1. The lowest BCUT2D eigenvalue weighted by atomic mass is 9.92. The normalized spacial score (nSPS) is 16.5. The van der Waals surface area contributed by atoms with E-state index in [1.54, 1.807) is 21.9 Å². The molecule has 0 aliphatic carbocycles. The van der Waals surface area contributed by atoms with Crippen LogP contribution < -0.4 is 15.0 Å². The molecular weight excluding hydrogens is 674 g/mol. The fourth-order valence-electron chi connectivity index (χ4n) is 6.84. The molecule has 2 aliphatic rings. The number of ketones is 1. The van der Waals surface area contributed by atoms with E-state index < -0.39 is 12.1 Å². The zero-order valence-electron chi connectivity index (χ0n) is 29.3. The smallest absolute Gasteiger partial charge is 0.411 e. The number of fused-ring (bicyclic) bond motifs is 3. The fourth-order valence-corrected chi connectivity index (χ4v) is 7.10. The summed E-state index contributed by atoms with van der Waals surface area (Å²) in [4.78, 5) is 67.2. The molecule has 0 unspecified atom stereocenters. The number of unbranched alkanes of at least 4 members (excludes halogenated alkanes) is 1. The second kappa shape index (κ2) is 16.9. The van der Waals surface area contributed by atoms with Gasteiger partial charge in [0.25, 0.3) is 5.91 Å². The lowest BCUT2D eigenvalue weighted by Crippen LogP contribution is -2.39. The zero-order valence-corrected chi connectivity index (χ0v) is 30.1. The largest absolute Gasteiger partial charge is 0.493 e. The molecule has 1 N–H and O–H groups in total. The van der Waals surface area contributed by atoms with Gasteiger partial charge in [0.2, 0.25) is 5.91 Å². The van der Waals surface area contributed by atoms with Gasteiger partial charge in [-0.2, -0.15) is 0 Å². The molecule has 3 aromatic carbocycles. The van der Waals surface area contributed by atoms with Crippen molar-refractivity contribution in [2.24, 2.45) is 0 Å². The minimum Gasteiger partial charge on any atom is -0.493 e. The SMILES string of the molecule is C=CCOC(=O)Nc1cc(OCCCCC(=O)N2C[C@@H](CCl)c3c2cc(C(C)=O)c2ccccc32)c(C)cc1C(=O)N1CCC[C@H]1COC(C)=O. The van der Waals surface area contributed by atoms with Crippen LogP contribution in [0.1, 0.15) is 83.7 Å². The van der Waals surface area contributed by atoms with Crippen molar-refractivity contribution in [3.8, 4) is 5.75 Å². The highest BCUT2D eigenvalue weighted by Gasteiger charge is 2.35. The molecule has 11 nitrogen and oxygen atoms in total.